The van der Waals surface area contributed by atoms with Gasteiger partial charge in [0.2, 0.25) is 21.8 Å². The summed E-state index contributed by atoms with van der Waals surface area (Å²) in [4.78, 5) is 26.5. The fraction of sp³-hybridized carbons (Fsp3) is 0.409. The van der Waals surface area contributed by atoms with Gasteiger partial charge in [-0.05, 0) is 56.0 Å². The fourth-order valence-corrected chi connectivity index (χ4v) is 4.97. The second kappa shape index (κ2) is 9.36. The molecule has 2 aliphatic rings. The Balaban J connectivity index is 1.66. The molecule has 0 atom stereocenters. The second-order valence-corrected chi connectivity index (χ2v) is 10.7. The average Bonchev–Trinajstić information content (AvgIpc) is 2.93. The number of carbonyl (C=O) groups is 2. The van der Waals surface area contributed by atoms with Gasteiger partial charge in [-0.1, -0.05) is 12.1 Å². The summed E-state index contributed by atoms with van der Waals surface area (Å²) in [7, 11) is -3.59. The van der Waals surface area contributed by atoms with Crippen molar-refractivity contribution in [1.29, 1.82) is 5.41 Å². The lowest BCUT2D eigenvalue weighted by molar-refractivity contribution is -0.124. The maximum atomic E-state index is 12.8. The summed E-state index contributed by atoms with van der Waals surface area (Å²) in [5, 5.41) is 19.6. The number of hydrogen-bond acceptors (Lipinski definition) is 6. The van der Waals surface area contributed by atoms with E-state index in [1.165, 1.54) is 4.90 Å². The van der Waals surface area contributed by atoms with Crippen LogP contribution in [0.1, 0.15) is 45.1 Å². The predicted molar refractivity (Wildman–Crippen MR) is 126 cm³/mol. The van der Waals surface area contributed by atoms with Gasteiger partial charge in [-0.2, -0.15) is 0 Å². The SMILES string of the molecule is CC1(C)c2ccc(N(CCO)C(=O)CCC(=O)NC3=CC=C(C(=N)N)CC3)cc2NS1(=O)=O. The Labute approximate surface area is 193 Å². The number of aliphatic hydroxyl groups is 1. The zero-order valence-corrected chi connectivity index (χ0v) is 19.5. The van der Waals surface area contributed by atoms with Crippen molar-refractivity contribution < 1.29 is 23.1 Å². The maximum absolute atomic E-state index is 12.8. The summed E-state index contributed by atoms with van der Waals surface area (Å²) in [5.41, 5.74) is 8.29. The highest BCUT2D eigenvalue weighted by Crippen LogP contribution is 2.43. The number of sulfonamides is 1. The third kappa shape index (κ3) is 5.09. The topological polar surface area (TPSA) is 166 Å². The molecule has 33 heavy (non-hydrogen) atoms. The van der Waals surface area contributed by atoms with E-state index >= 15 is 0 Å². The van der Waals surface area contributed by atoms with Crippen LogP contribution in [-0.2, 0) is 24.4 Å². The highest BCUT2D eigenvalue weighted by molar-refractivity contribution is 7.94. The molecule has 6 N–H and O–H groups in total. The van der Waals surface area contributed by atoms with Crippen LogP contribution in [0.4, 0.5) is 11.4 Å². The number of nitrogens with one attached hydrogen (secondary N) is 3. The standard InChI is InChI=1S/C22H29N5O5S/c1-22(2)17-8-7-16(13-18(17)26-33(22,31)32)27(11-12-28)20(30)10-9-19(29)25-15-5-3-14(4-6-15)21(23)24/h3,5,7-8,13,26,28H,4,6,9-12H2,1-2H3,(H3,23,24)(H,25,29). The van der Waals surface area contributed by atoms with Gasteiger partial charge in [0.25, 0.3) is 0 Å². The van der Waals surface area contributed by atoms with Crippen LogP contribution in [0.15, 0.2) is 41.6 Å². The number of amidine groups is 1. The number of hydrogen-bond donors (Lipinski definition) is 5. The molecular formula is C22H29N5O5S. The first-order valence-corrected chi connectivity index (χ1v) is 12.1. The third-order valence-electron chi connectivity index (χ3n) is 5.87. The number of fused-ring (bicyclic) bond motifs is 1. The molecule has 1 heterocycles. The van der Waals surface area contributed by atoms with Gasteiger partial charge in [0, 0.05) is 30.8 Å². The summed E-state index contributed by atoms with van der Waals surface area (Å²) in [5.74, 6) is -0.675. The summed E-state index contributed by atoms with van der Waals surface area (Å²) in [6, 6.07) is 4.87. The molecule has 3 rings (SSSR count). The molecule has 11 heteroatoms. The predicted octanol–water partition coefficient (Wildman–Crippen LogP) is 1.44. The molecule has 0 fully saturated rings. The number of carbonyl (C=O) groups excluding carboxylic acids is 2. The van der Waals surface area contributed by atoms with Gasteiger partial charge in [-0.3, -0.25) is 19.7 Å². The van der Waals surface area contributed by atoms with E-state index in [-0.39, 0.29) is 43.6 Å². The van der Waals surface area contributed by atoms with Crippen LogP contribution in [0.25, 0.3) is 0 Å². The van der Waals surface area contributed by atoms with Gasteiger partial charge in [0.1, 0.15) is 10.6 Å². The van der Waals surface area contributed by atoms with Gasteiger partial charge < -0.3 is 21.1 Å². The molecule has 178 valence electrons. The van der Waals surface area contributed by atoms with Crippen LogP contribution in [-0.4, -0.2) is 44.3 Å². The average molecular weight is 476 g/mol. The van der Waals surface area contributed by atoms with Crippen LogP contribution in [0.2, 0.25) is 0 Å². The van der Waals surface area contributed by atoms with Crippen LogP contribution in [0.3, 0.4) is 0 Å². The summed E-state index contributed by atoms with van der Waals surface area (Å²) in [6.07, 6.45) is 4.37. The zero-order chi connectivity index (χ0) is 24.4. The minimum Gasteiger partial charge on any atom is -0.395 e. The minimum atomic E-state index is -3.59. The number of nitrogens with two attached hydrogens (primary N) is 1. The van der Waals surface area contributed by atoms with Crippen molar-refractivity contribution >= 4 is 39.0 Å². The summed E-state index contributed by atoms with van der Waals surface area (Å²) in [6.45, 7) is 2.94. The monoisotopic (exact) mass is 475 g/mol. The van der Waals surface area contributed by atoms with E-state index in [9.17, 15) is 23.1 Å². The largest absolute Gasteiger partial charge is 0.395 e. The normalized spacial score (nSPS) is 17.8. The molecule has 0 aromatic heterocycles. The van der Waals surface area contributed by atoms with Crippen LogP contribution in [0.5, 0.6) is 0 Å². The Morgan fingerprint density at radius 2 is 1.97 bits per heavy atom. The van der Waals surface area contributed by atoms with E-state index in [1.807, 2.05) is 0 Å². The molecule has 1 aliphatic carbocycles. The van der Waals surface area contributed by atoms with Crippen molar-refractivity contribution in [2.24, 2.45) is 5.73 Å². The molecule has 0 radical (unpaired) electrons. The number of anilines is 2. The number of amides is 2. The van der Waals surface area contributed by atoms with E-state index in [0.717, 1.165) is 0 Å². The number of nitrogens with zero attached hydrogens (tertiary/aromatic N) is 1. The van der Waals surface area contributed by atoms with Crippen molar-refractivity contribution in [2.75, 3.05) is 22.8 Å². The molecule has 0 saturated heterocycles. The quantitative estimate of drug-likeness (QED) is 0.282. The van der Waals surface area contributed by atoms with Gasteiger partial charge >= 0.3 is 0 Å². The molecule has 2 amide bonds. The molecule has 0 spiro atoms. The minimum absolute atomic E-state index is 0.00844. The van der Waals surface area contributed by atoms with Gasteiger partial charge in [0.15, 0.2) is 0 Å². The Kier molecular flexibility index (Phi) is 6.94. The Hall–Kier alpha value is -3.18. The van der Waals surface area contributed by atoms with E-state index in [1.54, 1.807) is 44.2 Å². The van der Waals surface area contributed by atoms with Crippen LogP contribution < -0.4 is 20.7 Å². The summed E-state index contributed by atoms with van der Waals surface area (Å²) >= 11 is 0. The van der Waals surface area contributed by atoms with E-state index in [4.69, 9.17) is 11.1 Å². The third-order valence-corrected chi connectivity index (χ3v) is 7.92. The highest BCUT2D eigenvalue weighted by Gasteiger charge is 2.44. The van der Waals surface area contributed by atoms with Crippen molar-refractivity contribution in [3.63, 3.8) is 0 Å². The van der Waals surface area contributed by atoms with Gasteiger partial charge in [-0.25, -0.2) is 8.42 Å². The molecule has 1 aliphatic heterocycles. The van der Waals surface area contributed by atoms with Gasteiger partial charge in [0.05, 0.1) is 12.3 Å². The van der Waals surface area contributed by atoms with Gasteiger partial charge in [-0.15, -0.1) is 0 Å². The molecular weight excluding hydrogens is 446 g/mol. The second-order valence-electron chi connectivity index (χ2n) is 8.46. The Morgan fingerprint density at radius 1 is 1.24 bits per heavy atom. The highest BCUT2D eigenvalue weighted by atomic mass is 32.2. The molecule has 0 bridgehead atoms. The number of benzene rings is 1. The number of rotatable bonds is 8. The fourth-order valence-electron chi connectivity index (χ4n) is 3.79. The van der Waals surface area contributed by atoms with Crippen molar-refractivity contribution in [3.8, 4) is 0 Å². The smallest absolute Gasteiger partial charge is 0.242 e. The Morgan fingerprint density at radius 3 is 2.58 bits per heavy atom. The van der Waals surface area contributed by atoms with E-state index < -0.39 is 14.8 Å². The maximum Gasteiger partial charge on any atom is 0.242 e. The van der Waals surface area contributed by atoms with Crippen molar-refractivity contribution in [2.45, 2.75) is 44.3 Å². The number of allylic oxidation sites excluding steroid dienone is 3. The first-order chi connectivity index (χ1) is 15.5. The lowest BCUT2D eigenvalue weighted by Crippen LogP contribution is -2.34. The first kappa shape index (κ1) is 24.5. The Bertz CT molecular complexity index is 1150. The molecule has 0 saturated carbocycles. The lowest BCUT2D eigenvalue weighted by atomic mass is 10.00. The van der Waals surface area contributed by atoms with Crippen molar-refractivity contribution in [3.05, 3.63) is 47.2 Å². The first-order valence-electron chi connectivity index (χ1n) is 10.6. The molecule has 1 aromatic rings. The lowest BCUT2D eigenvalue weighted by Gasteiger charge is -2.23. The zero-order valence-electron chi connectivity index (χ0n) is 18.6. The van der Waals surface area contributed by atoms with Crippen LogP contribution >= 0.6 is 0 Å². The van der Waals surface area contributed by atoms with Crippen LogP contribution in [0, 0.1) is 5.41 Å². The molecule has 10 nitrogen and oxygen atoms in total. The summed E-state index contributed by atoms with van der Waals surface area (Å²) < 4.78 is 26.2. The molecule has 0 unspecified atom stereocenters. The number of aliphatic hydroxyl groups excluding tert-OH is 1. The molecule has 1 aromatic carbocycles. The van der Waals surface area contributed by atoms with E-state index in [0.29, 0.717) is 41.1 Å². The van der Waals surface area contributed by atoms with E-state index in [2.05, 4.69) is 10.0 Å². The van der Waals surface area contributed by atoms with Crippen molar-refractivity contribution in [1.82, 2.24) is 5.32 Å².